The predicted molar refractivity (Wildman–Crippen MR) is 93.8 cm³/mol. The first-order valence-corrected chi connectivity index (χ1v) is 9.08. The molecule has 2 saturated heterocycles. The summed E-state index contributed by atoms with van der Waals surface area (Å²) in [4.78, 5) is 16.0. The molecule has 3 rings (SSSR count). The van der Waals surface area contributed by atoms with Gasteiger partial charge in [-0.15, -0.1) is 0 Å². The van der Waals surface area contributed by atoms with Gasteiger partial charge in [0, 0.05) is 31.7 Å². The Hall–Kier alpha value is -1.59. The average molecular weight is 332 g/mol. The van der Waals surface area contributed by atoms with Crippen molar-refractivity contribution < 1.29 is 14.6 Å². The van der Waals surface area contributed by atoms with E-state index >= 15 is 0 Å². The molecule has 5 nitrogen and oxygen atoms in total. The lowest BCUT2D eigenvalue weighted by molar-refractivity contribution is -0.00382. The second-order valence-corrected chi connectivity index (χ2v) is 7.03. The van der Waals surface area contributed by atoms with Crippen molar-refractivity contribution in [3.05, 3.63) is 29.8 Å². The van der Waals surface area contributed by atoms with E-state index in [1.54, 1.807) is 24.3 Å². The molecule has 2 aliphatic rings. The summed E-state index contributed by atoms with van der Waals surface area (Å²) in [5.74, 6) is -0.166. The minimum absolute atomic E-state index is 0.293. The predicted octanol–water partition coefficient (Wildman–Crippen LogP) is 2.71. The Morgan fingerprint density at radius 1 is 1.25 bits per heavy atom. The third kappa shape index (κ3) is 4.28. The van der Waals surface area contributed by atoms with Crippen molar-refractivity contribution in [3.63, 3.8) is 0 Å². The number of carbonyl (C=O) groups is 1. The van der Waals surface area contributed by atoms with Gasteiger partial charge in [-0.25, -0.2) is 4.79 Å². The van der Waals surface area contributed by atoms with Gasteiger partial charge < -0.3 is 9.84 Å². The third-order valence-corrected chi connectivity index (χ3v) is 5.25. The number of hydrogen-bond donors (Lipinski definition) is 1. The van der Waals surface area contributed by atoms with Crippen LogP contribution in [0.15, 0.2) is 24.3 Å². The van der Waals surface area contributed by atoms with Crippen molar-refractivity contribution in [3.8, 4) is 5.75 Å². The molecule has 0 spiro atoms. The van der Waals surface area contributed by atoms with E-state index in [1.165, 1.54) is 38.9 Å². The number of hydrogen-bond acceptors (Lipinski definition) is 4. The van der Waals surface area contributed by atoms with Crippen molar-refractivity contribution in [2.75, 3.05) is 32.8 Å². The van der Waals surface area contributed by atoms with Crippen molar-refractivity contribution >= 4 is 5.97 Å². The van der Waals surface area contributed by atoms with Crippen LogP contribution < -0.4 is 4.74 Å². The number of likely N-dealkylation sites (tertiary alicyclic amines) is 2. The molecule has 24 heavy (non-hydrogen) atoms. The zero-order valence-corrected chi connectivity index (χ0v) is 14.5. The standard InChI is InChI=1S/C19H28N2O3/c1-15-5-2-3-11-21(15)17-13-20(14-17)10-4-12-24-18-8-6-16(7-9-18)19(22)23/h6-9,15,17H,2-5,10-14H2,1H3,(H,22,23). The number of piperidine rings is 1. The molecule has 1 N–H and O–H groups in total. The maximum atomic E-state index is 10.8. The Kier molecular flexibility index (Phi) is 5.74. The summed E-state index contributed by atoms with van der Waals surface area (Å²) < 4.78 is 5.69. The van der Waals surface area contributed by atoms with Crippen LogP contribution in [0.4, 0.5) is 0 Å². The molecule has 2 fully saturated rings. The highest BCUT2D eigenvalue weighted by Crippen LogP contribution is 2.24. The lowest BCUT2D eigenvalue weighted by Gasteiger charge is -2.49. The zero-order valence-electron chi connectivity index (χ0n) is 14.5. The maximum absolute atomic E-state index is 10.8. The van der Waals surface area contributed by atoms with Crippen LogP contribution in [0.1, 0.15) is 43.0 Å². The number of ether oxygens (including phenoxy) is 1. The summed E-state index contributed by atoms with van der Waals surface area (Å²) in [6.45, 7) is 7.77. The highest BCUT2D eigenvalue weighted by Gasteiger charge is 2.34. The molecular weight excluding hydrogens is 304 g/mol. The van der Waals surface area contributed by atoms with Gasteiger partial charge in [-0.2, -0.15) is 0 Å². The fourth-order valence-corrected chi connectivity index (χ4v) is 3.77. The van der Waals surface area contributed by atoms with E-state index in [2.05, 4.69) is 16.7 Å². The molecule has 1 aromatic rings. The molecule has 0 aliphatic carbocycles. The molecule has 0 saturated carbocycles. The van der Waals surface area contributed by atoms with Gasteiger partial charge in [0.15, 0.2) is 0 Å². The lowest BCUT2D eigenvalue weighted by Crippen LogP contribution is -2.62. The molecule has 0 amide bonds. The smallest absolute Gasteiger partial charge is 0.335 e. The number of rotatable bonds is 7. The summed E-state index contributed by atoms with van der Waals surface area (Å²) in [7, 11) is 0. The highest BCUT2D eigenvalue weighted by atomic mass is 16.5. The van der Waals surface area contributed by atoms with E-state index in [4.69, 9.17) is 9.84 Å². The van der Waals surface area contributed by atoms with Gasteiger partial charge in [0.25, 0.3) is 0 Å². The number of carboxylic acid groups (broad SMARTS) is 1. The van der Waals surface area contributed by atoms with Crippen LogP contribution in [0.3, 0.4) is 0 Å². The van der Waals surface area contributed by atoms with E-state index in [-0.39, 0.29) is 0 Å². The molecule has 2 heterocycles. The number of benzene rings is 1. The van der Waals surface area contributed by atoms with Crippen LogP contribution >= 0.6 is 0 Å². The molecule has 0 bridgehead atoms. The highest BCUT2D eigenvalue weighted by molar-refractivity contribution is 5.87. The first-order valence-electron chi connectivity index (χ1n) is 9.08. The zero-order chi connectivity index (χ0) is 16.9. The molecule has 5 heteroatoms. The summed E-state index contributed by atoms with van der Waals surface area (Å²) in [6, 6.07) is 8.12. The molecule has 1 atom stereocenters. The molecule has 1 unspecified atom stereocenters. The number of aromatic carboxylic acids is 1. The summed E-state index contributed by atoms with van der Waals surface area (Å²) >= 11 is 0. The van der Waals surface area contributed by atoms with Crippen molar-refractivity contribution in [2.45, 2.75) is 44.7 Å². The minimum atomic E-state index is -0.906. The lowest BCUT2D eigenvalue weighted by atomic mass is 9.97. The van der Waals surface area contributed by atoms with E-state index in [0.29, 0.717) is 12.2 Å². The van der Waals surface area contributed by atoms with E-state index in [0.717, 1.165) is 30.8 Å². The summed E-state index contributed by atoms with van der Waals surface area (Å²) in [5, 5.41) is 8.87. The molecule has 0 radical (unpaired) electrons. The van der Waals surface area contributed by atoms with Crippen LogP contribution in [-0.4, -0.2) is 65.7 Å². The SMILES string of the molecule is CC1CCCCN1C1CN(CCCOc2ccc(C(=O)O)cc2)C1. The van der Waals surface area contributed by atoms with Gasteiger partial charge in [0.1, 0.15) is 5.75 Å². The number of nitrogens with zero attached hydrogens (tertiary/aromatic N) is 2. The molecule has 0 aromatic heterocycles. The molecule has 132 valence electrons. The fourth-order valence-electron chi connectivity index (χ4n) is 3.77. The van der Waals surface area contributed by atoms with Gasteiger partial charge in [0.2, 0.25) is 0 Å². The van der Waals surface area contributed by atoms with Crippen LogP contribution in [0, 0.1) is 0 Å². The molecule has 2 aliphatic heterocycles. The van der Waals surface area contributed by atoms with E-state index in [1.807, 2.05) is 0 Å². The first-order chi connectivity index (χ1) is 11.6. The number of carboxylic acids is 1. The van der Waals surface area contributed by atoms with Crippen molar-refractivity contribution in [2.24, 2.45) is 0 Å². The second-order valence-electron chi connectivity index (χ2n) is 7.03. The summed E-state index contributed by atoms with van der Waals surface area (Å²) in [5.41, 5.74) is 0.293. The Labute approximate surface area is 144 Å². The summed E-state index contributed by atoms with van der Waals surface area (Å²) in [6.07, 6.45) is 5.10. The molecular formula is C19H28N2O3. The van der Waals surface area contributed by atoms with Gasteiger partial charge in [-0.05, 0) is 57.0 Å². The Balaban J connectivity index is 1.30. The van der Waals surface area contributed by atoms with Crippen LogP contribution in [0.5, 0.6) is 5.75 Å². The Morgan fingerprint density at radius 2 is 2.00 bits per heavy atom. The Bertz CT molecular complexity index is 540. The van der Waals surface area contributed by atoms with Gasteiger partial charge >= 0.3 is 5.97 Å². The van der Waals surface area contributed by atoms with Crippen LogP contribution in [0.2, 0.25) is 0 Å². The maximum Gasteiger partial charge on any atom is 0.335 e. The largest absolute Gasteiger partial charge is 0.494 e. The topological polar surface area (TPSA) is 53.0 Å². The quantitative estimate of drug-likeness (QED) is 0.778. The van der Waals surface area contributed by atoms with Crippen LogP contribution in [0.25, 0.3) is 0 Å². The first kappa shape index (κ1) is 17.2. The third-order valence-electron chi connectivity index (χ3n) is 5.25. The average Bonchev–Trinajstić information content (AvgIpc) is 2.54. The molecule has 1 aromatic carbocycles. The van der Waals surface area contributed by atoms with E-state index < -0.39 is 5.97 Å². The van der Waals surface area contributed by atoms with Gasteiger partial charge in [-0.3, -0.25) is 9.80 Å². The van der Waals surface area contributed by atoms with Gasteiger partial charge in [-0.1, -0.05) is 6.42 Å². The second kappa shape index (κ2) is 7.99. The van der Waals surface area contributed by atoms with Crippen LogP contribution in [-0.2, 0) is 0 Å². The Morgan fingerprint density at radius 3 is 2.67 bits per heavy atom. The normalized spacial score (nSPS) is 23.0. The fraction of sp³-hybridized carbons (Fsp3) is 0.632. The monoisotopic (exact) mass is 332 g/mol. The van der Waals surface area contributed by atoms with Crippen molar-refractivity contribution in [1.82, 2.24) is 9.80 Å². The van der Waals surface area contributed by atoms with E-state index in [9.17, 15) is 4.79 Å². The van der Waals surface area contributed by atoms with Gasteiger partial charge in [0.05, 0.1) is 12.2 Å². The minimum Gasteiger partial charge on any atom is -0.494 e. The van der Waals surface area contributed by atoms with Crippen molar-refractivity contribution in [1.29, 1.82) is 0 Å².